The summed E-state index contributed by atoms with van der Waals surface area (Å²) in [4.78, 5) is 16.2. The highest BCUT2D eigenvalue weighted by atomic mass is 19.2. The Morgan fingerprint density at radius 1 is 0.923 bits per heavy atom. The lowest BCUT2D eigenvalue weighted by atomic mass is 10.2. The predicted molar refractivity (Wildman–Crippen MR) is 94.7 cm³/mol. The number of halogens is 3. The molecule has 4 nitrogen and oxygen atoms in total. The summed E-state index contributed by atoms with van der Waals surface area (Å²) in [6.07, 6.45) is 0.273. The summed E-state index contributed by atoms with van der Waals surface area (Å²) < 4.78 is 39.0. The fourth-order valence-corrected chi connectivity index (χ4v) is 2.94. The summed E-state index contributed by atoms with van der Waals surface area (Å²) >= 11 is 0. The Kier molecular flexibility index (Phi) is 5.65. The molecule has 1 heterocycles. The van der Waals surface area contributed by atoms with Crippen molar-refractivity contribution in [3.8, 4) is 0 Å². The van der Waals surface area contributed by atoms with Crippen LogP contribution >= 0.6 is 0 Å². The van der Waals surface area contributed by atoms with Crippen LogP contribution in [0.25, 0.3) is 0 Å². The highest BCUT2D eigenvalue weighted by molar-refractivity contribution is 5.77. The van der Waals surface area contributed by atoms with Crippen molar-refractivity contribution >= 4 is 17.3 Å². The summed E-state index contributed by atoms with van der Waals surface area (Å²) in [7, 11) is 0. The van der Waals surface area contributed by atoms with E-state index in [1.54, 1.807) is 17.0 Å². The summed E-state index contributed by atoms with van der Waals surface area (Å²) in [5.74, 6) is -2.07. The average Bonchev–Trinajstić information content (AvgIpc) is 2.65. The molecule has 3 rings (SSSR count). The molecule has 0 aromatic heterocycles. The van der Waals surface area contributed by atoms with E-state index in [0.29, 0.717) is 38.4 Å². The number of hydrogen-bond donors (Lipinski definition) is 1. The van der Waals surface area contributed by atoms with Crippen molar-refractivity contribution in [2.75, 3.05) is 42.9 Å². The van der Waals surface area contributed by atoms with Gasteiger partial charge in [-0.15, -0.1) is 0 Å². The van der Waals surface area contributed by atoms with Crippen LogP contribution in [0.5, 0.6) is 0 Å². The maximum absolute atomic E-state index is 13.1. The number of rotatable bonds is 5. The Balaban J connectivity index is 1.43. The lowest BCUT2D eigenvalue weighted by molar-refractivity contribution is -0.131. The van der Waals surface area contributed by atoms with E-state index in [4.69, 9.17) is 0 Å². The number of piperazine rings is 1. The first-order chi connectivity index (χ1) is 12.5. The smallest absolute Gasteiger partial charge is 0.224 e. The zero-order valence-electron chi connectivity index (χ0n) is 14.2. The number of anilines is 2. The number of amides is 1. The molecule has 2 aromatic rings. The maximum atomic E-state index is 13.1. The van der Waals surface area contributed by atoms with Crippen LogP contribution in [0.1, 0.15) is 6.42 Å². The third-order valence-electron chi connectivity index (χ3n) is 4.41. The molecule has 1 saturated heterocycles. The van der Waals surface area contributed by atoms with Gasteiger partial charge in [-0.1, -0.05) is 0 Å². The van der Waals surface area contributed by atoms with Crippen LogP contribution in [-0.2, 0) is 4.79 Å². The molecule has 0 atom stereocenters. The highest BCUT2D eigenvalue weighted by Gasteiger charge is 2.21. The summed E-state index contributed by atoms with van der Waals surface area (Å²) in [5, 5.41) is 2.92. The Hall–Kier alpha value is -2.70. The molecule has 0 spiro atoms. The van der Waals surface area contributed by atoms with Gasteiger partial charge in [0, 0.05) is 50.5 Å². The van der Waals surface area contributed by atoms with E-state index in [-0.39, 0.29) is 18.1 Å². The number of benzene rings is 2. The molecule has 1 amide bonds. The van der Waals surface area contributed by atoms with Crippen molar-refractivity contribution in [3.05, 3.63) is 59.9 Å². The first kappa shape index (κ1) is 18.1. The third kappa shape index (κ3) is 4.47. The van der Waals surface area contributed by atoms with Crippen molar-refractivity contribution in [1.29, 1.82) is 0 Å². The number of carbonyl (C=O) groups excluding carboxylic acids is 1. The highest BCUT2D eigenvalue weighted by Crippen LogP contribution is 2.17. The van der Waals surface area contributed by atoms with E-state index in [1.807, 2.05) is 0 Å². The standard InChI is InChI=1S/C19H20F3N3O/c20-14-1-4-16(5-2-14)24-9-11-25(12-10-24)19(26)7-8-23-15-3-6-17(21)18(22)13-15/h1-6,13,23H,7-12H2. The van der Waals surface area contributed by atoms with Crippen molar-refractivity contribution < 1.29 is 18.0 Å². The van der Waals surface area contributed by atoms with Gasteiger partial charge in [0.2, 0.25) is 5.91 Å². The van der Waals surface area contributed by atoms with E-state index in [1.165, 1.54) is 18.2 Å². The molecule has 1 aliphatic heterocycles. The van der Waals surface area contributed by atoms with Gasteiger partial charge in [-0.25, -0.2) is 13.2 Å². The van der Waals surface area contributed by atoms with Crippen LogP contribution in [0.15, 0.2) is 42.5 Å². The van der Waals surface area contributed by atoms with Crippen molar-refractivity contribution in [2.45, 2.75) is 6.42 Å². The molecule has 0 unspecified atom stereocenters. The lowest BCUT2D eigenvalue weighted by Gasteiger charge is -2.36. The first-order valence-electron chi connectivity index (χ1n) is 8.50. The summed E-state index contributed by atoms with van der Waals surface area (Å²) in [6.45, 7) is 2.92. The molecule has 0 bridgehead atoms. The Labute approximate surface area is 150 Å². The normalized spacial score (nSPS) is 14.4. The molecule has 2 aromatic carbocycles. The number of carbonyl (C=O) groups is 1. The van der Waals surface area contributed by atoms with E-state index < -0.39 is 11.6 Å². The van der Waals surface area contributed by atoms with Crippen LogP contribution in [0, 0.1) is 17.5 Å². The van der Waals surface area contributed by atoms with Crippen LogP contribution in [0.4, 0.5) is 24.5 Å². The Morgan fingerprint density at radius 3 is 2.27 bits per heavy atom. The van der Waals surface area contributed by atoms with Crippen LogP contribution in [0.3, 0.4) is 0 Å². The fraction of sp³-hybridized carbons (Fsp3) is 0.316. The quantitative estimate of drug-likeness (QED) is 0.886. The predicted octanol–water partition coefficient (Wildman–Crippen LogP) is 3.25. The molecule has 0 radical (unpaired) electrons. The first-order valence-corrected chi connectivity index (χ1v) is 8.50. The molecule has 7 heteroatoms. The molecule has 1 N–H and O–H groups in total. The van der Waals surface area contributed by atoms with Gasteiger partial charge >= 0.3 is 0 Å². The van der Waals surface area contributed by atoms with E-state index in [0.717, 1.165) is 17.8 Å². The zero-order chi connectivity index (χ0) is 18.5. The van der Waals surface area contributed by atoms with Crippen LogP contribution in [0.2, 0.25) is 0 Å². The largest absolute Gasteiger partial charge is 0.384 e. The number of nitrogens with zero attached hydrogens (tertiary/aromatic N) is 2. The Bertz CT molecular complexity index is 759. The van der Waals surface area contributed by atoms with Gasteiger partial charge in [-0.3, -0.25) is 4.79 Å². The number of nitrogens with one attached hydrogen (secondary N) is 1. The fourth-order valence-electron chi connectivity index (χ4n) is 2.94. The Morgan fingerprint density at radius 2 is 1.62 bits per heavy atom. The van der Waals surface area contributed by atoms with Crippen molar-refractivity contribution in [2.24, 2.45) is 0 Å². The van der Waals surface area contributed by atoms with Gasteiger partial charge in [0.05, 0.1) is 0 Å². The van der Waals surface area contributed by atoms with Crippen molar-refractivity contribution in [3.63, 3.8) is 0 Å². The minimum absolute atomic E-state index is 0.0128. The van der Waals surface area contributed by atoms with Gasteiger partial charge in [0.25, 0.3) is 0 Å². The van der Waals surface area contributed by atoms with Gasteiger partial charge in [-0.05, 0) is 42.5 Å². The van der Waals surface area contributed by atoms with E-state index in [9.17, 15) is 18.0 Å². The minimum atomic E-state index is -0.918. The van der Waals surface area contributed by atoms with Gasteiger partial charge < -0.3 is 15.1 Å². The second-order valence-electron chi connectivity index (χ2n) is 6.15. The van der Waals surface area contributed by atoms with Crippen molar-refractivity contribution in [1.82, 2.24) is 4.90 Å². The SMILES string of the molecule is O=C(CCNc1ccc(F)c(F)c1)N1CCN(c2ccc(F)cc2)CC1. The van der Waals surface area contributed by atoms with Crippen LogP contribution < -0.4 is 10.2 Å². The zero-order valence-corrected chi connectivity index (χ0v) is 14.2. The van der Waals surface area contributed by atoms with Gasteiger partial charge in [0.1, 0.15) is 5.82 Å². The number of hydrogen-bond acceptors (Lipinski definition) is 3. The van der Waals surface area contributed by atoms with Gasteiger partial charge in [0.15, 0.2) is 11.6 Å². The summed E-state index contributed by atoms with van der Waals surface area (Å²) in [5.41, 5.74) is 1.39. The average molecular weight is 363 g/mol. The molecule has 26 heavy (non-hydrogen) atoms. The summed E-state index contributed by atoms with van der Waals surface area (Å²) in [6, 6.07) is 9.88. The second kappa shape index (κ2) is 8.12. The maximum Gasteiger partial charge on any atom is 0.224 e. The lowest BCUT2D eigenvalue weighted by Crippen LogP contribution is -2.49. The second-order valence-corrected chi connectivity index (χ2v) is 6.15. The molecular formula is C19H20F3N3O. The molecule has 1 aliphatic rings. The molecule has 0 saturated carbocycles. The molecular weight excluding hydrogens is 343 g/mol. The van der Waals surface area contributed by atoms with E-state index >= 15 is 0 Å². The minimum Gasteiger partial charge on any atom is -0.384 e. The van der Waals surface area contributed by atoms with Crippen LogP contribution in [-0.4, -0.2) is 43.5 Å². The monoisotopic (exact) mass is 363 g/mol. The molecule has 1 fully saturated rings. The molecule has 138 valence electrons. The third-order valence-corrected chi connectivity index (χ3v) is 4.41. The van der Waals surface area contributed by atoms with Gasteiger partial charge in [-0.2, -0.15) is 0 Å². The molecule has 0 aliphatic carbocycles. The van der Waals surface area contributed by atoms with E-state index in [2.05, 4.69) is 10.2 Å². The topological polar surface area (TPSA) is 35.6 Å².